The Morgan fingerprint density at radius 2 is 2.20 bits per heavy atom. The molecule has 0 fully saturated rings. The molecule has 0 bridgehead atoms. The van der Waals surface area contributed by atoms with Crippen LogP contribution in [0.4, 0.5) is 9.18 Å². The molecule has 20 heavy (non-hydrogen) atoms. The summed E-state index contributed by atoms with van der Waals surface area (Å²) in [5.41, 5.74) is 1.06. The van der Waals surface area contributed by atoms with Gasteiger partial charge in [0.2, 0.25) is 0 Å². The van der Waals surface area contributed by atoms with Crippen molar-refractivity contribution in [3.63, 3.8) is 0 Å². The molecule has 0 saturated heterocycles. The zero-order valence-corrected chi connectivity index (χ0v) is 12.0. The van der Waals surface area contributed by atoms with Gasteiger partial charge in [0, 0.05) is 19.0 Å². The first-order chi connectivity index (χ1) is 9.30. The van der Waals surface area contributed by atoms with Crippen LogP contribution in [0, 0.1) is 5.82 Å². The van der Waals surface area contributed by atoms with E-state index >= 15 is 0 Å². The maximum atomic E-state index is 13.3. The number of aliphatic hydroxyl groups excluding tert-OH is 1. The molecule has 1 aliphatic heterocycles. The minimum Gasteiger partial charge on any atom is -0.444 e. The molecule has 0 radical (unpaired) electrons. The zero-order chi connectivity index (χ0) is 14.9. The lowest BCUT2D eigenvalue weighted by Gasteiger charge is -2.35. The van der Waals surface area contributed by atoms with E-state index < -0.39 is 11.7 Å². The Labute approximate surface area is 118 Å². The van der Waals surface area contributed by atoms with E-state index in [1.807, 2.05) is 20.8 Å². The monoisotopic (exact) mass is 281 g/mol. The average Bonchev–Trinajstić information content (AvgIpc) is 2.35. The van der Waals surface area contributed by atoms with E-state index in [0.717, 1.165) is 11.1 Å². The molecular formula is C15H20FNO3. The van der Waals surface area contributed by atoms with Crippen LogP contribution in [0.25, 0.3) is 0 Å². The third kappa shape index (κ3) is 3.28. The lowest BCUT2D eigenvalue weighted by Crippen LogP contribution is -2.42. The van der Waals surface area contributed by atoms with Gasteiger partial charge in [0.15, 0.2) is 0 Å². The van der Waals surface area contributed by atoms with Crippen molar-refractivity contribution in [2.75, 3.05) is 13.2 Å². The summed E-state index contributed by atoms with van der Waals surface area (Å²) in [4.78, 5) is 13.6. The van der Waals surface area contributed by atoms with Gasteiger partial charge in [-0.05, 0) is 44.0 Å². The first kappa shape index (κ1) is 14.8. The van der Waals surface area contributed by atoms with Crippen LogP contribution in [0.5, 0.6) is 0 Å². The topological polar surface area (TPSA) is 49.8 Å². The molecular weight excluding hydrogens is 261 g/mol. The van der Waals surface area contributed by atoms with Crippen molar-refractivity contribution in [2.45, 2.75) is 38.8 Å². The third-order valence-electron chi connectivity index (χ3n) is 3.22. The van der Waals surface area contributed by atoms with Crippen LogP contribution in [0.1, 0.15) is 37.8 Å². The Morgan fingerprint density at radius 1 is 1.50 bits per heavy atom. The summed E-state index contributed by atoms with van der Waals surface area (Å²) < 4.78 is 18.6. The number of fused-ring (bicyclic) bond motifs is 1. The fourth-order valence-electron chi connectivity index (χ4n) is 2.35. The molecule has 1 aromatic carbocycles. The molecule has 1 aliphatic rings. The lowest BCUT2D eigenvalue weighted by atomic mass is 9.90. The quantitative estimate of drug-likeness (QED) is 0.861. The molecule has 1 N–H and O–H groups in total. The second kappa shape index (κ2) is 5.40. The van der Waals surface area contributed by atoms with Crippen LogP contribution in [0.3, 0.4) is 0 Å². The fourth-order valence-corrected chi connectivity index (χ4v) is 2.35. The van der Waals surface area contributed by atoms with Crippen molar-refractivity contribution in [3.05, 3.63) is 35.1 Å². The number of nitrogens with zero attached hydrogens (tertiary/aromatic N) is 1. The van der Waals surface area contributed by atoms with Crippen LogP contribution in [0.2, 0.25) is 0 Å². The van der Waals surface area contributed by atoms with Crippen LogP contribution in [-0.2, 0) is 11.3 Å². The molecule has 1 unspecified atom stereocenters. The predicted molar refractivity (Wildman–Crippen MR) is 72.9 cm³/mol. The molecule has 4 nitrogen and oxygen atoms in total. The summed E-state index contributed by atoms with van der Waals surface area (Å²) in [5.74, 6) is -0.602. The van der Waals surface area contributed by atoms with Gasteiger partial charge < -0.3 is 14.7 Å². The minimum absolute atomic E-state index is 0.129. The predicted octanol–water partition coefficient (Wildman–Crippen LogP) is 2.65. The lowest BCUT2D eigenvalue weighted by molar-refractivity contribution is 0.0190. The van der Waals surface area contributed by atoms with E-state index in [0.29, 0.717) is 13.1 Å². The Kier molecular flexibility index (Phi) is 3.99. The average molecular weight is 281 g/mol. The summed E-state index contributed by atoms with van der Waals surface area (Å²) in [7, 11) is 0. The van der Waals surface area contributed by atoms with Crippen LogP contribution < -0.4 is 0 Å². The number of rotatable bonds is 1. The number of amides is 1. The molecule has 0 spiro atoms. The molecule has 1 atom stereocenters. The van der Waals surface area contributed by atoms with Gasteiger partial charge in [-0.1, -0.05) is 6.07 Å². The van der Waals surface area contributed by atoms with Crippen molar-refractivity contribution < 1.29 is 19.0 Å². The minimum atomic E-state index is -0.561. The molecule has 0 saturated carbocycles. The van der Waals surface area contributed by atoms with Crippen molar-refractivity contribution in [2.24, 2.45) is 0 Å². The Bertz CT molecular complexity index is 510. The van der Waals surface area contributed by atoms with Crippen LogP contribution >= 0.6 is 0 Å². The summed E-state index contributed by atoms with van der Waals surface area (Å²) in [6.07, 6.45) is -0.411. The first-order valence-electron chi connectivity index (χ1n) is 6.67. The van der Waals surface area contributed by atoms with E-state index in [-0.39, 0.29) is 18.3 Å². The summed E-state index contributed by atoms with van der Waals surface area (Å²) in [5, 5.41) is 9.46. The molecule has 5 heteroatoms. The van der Waals surface area contributed by atoms with Crippen LogP contribution in [0.15, 0.2) is 18.2 Å². The van der Waals surface area contributed by atoms with Gasteiger partial charge in [0.1, 0.15) is 11.4 Å². The van der Waals surface area contributed by atoms with E-state index in [1.54, 1.807) is 11.0 Å². The molecule has 0 aliphatic carbocycles. The van der Waals surface area contributed by atoms with E-state index in [2.05, 4.69) is 0 Å². The maximum Gasteiger partial charge on any atom is 0.410 e. The van der Waals surface area contributed by atoms with E-state index in [9.17, 15) is 14.3 Å². The normalized spacial score (nSPS) is 18.6. The largest absolute Gasteiger partial charge is 0.444 e. The summed E-state index contributed by atoms with van der Waals surface area (Å²) in [6.45, 7) is 6.00. The zero-order valence-electron chi connectivity index (χ0n) is 12.0. The number of aliphatic hydroxyl groups is 1. The number of carbonyl (C=O) groups excluding carboxylic acids is 1. The van der Waals surface area contributed by atoms with E-state index in [1.165, 1.54) is 12.1 Å². The number of hydrogen-bond acceptors (Lipinski definition) is 3. The van der Waals surface area contributed by atoms with Crippen molar-refractivity contribution in [3.8, 4) is 0 Å². The molecule has 2 rings (SSSR count). The molecule has 1 aromatic rings. The van der Waals surface area contributed by atoms with Crippen LogP contribution in [-0.4, -0.2) is 34.9 Å². The SMILES string of the molecule is CC(C)(C)OC(=O)N1Cc2ccc(F)cc2C(CO)C1. The third-order valence-corrected chi connectivity index (χ3v) is 3.22. The molecule has 110 valence electrons. The second-order valence-electron chi connectivity index (χ2n) is 6.08. The fraction of sp³-hybridized carbons (Fsp3) is 0.533. The Morgan fingerprint density at radius 3 is 2.80 bits per heavy atom. The van der Waals surface area contributed by atoms with Crippen molar-refractivity contribution >= 4 is 6.09 Å². The molecule has 1 heterocycles. The van der Waals surface area contributed by atoms with Crippen molar-refractivity contribution in [1.29, 1.82) is 0 Å². The Hall–Kier alpha value is -1.62. The number of ether oxygens (including phenoxy) is 1. The Balaban J connectivity index is 2.21. The van der Waals surface area contributed by atoms with Gasteiger partial charge in [-0.15, -0.1) is 0 Å². The highest BCUT2D eigenvalue weighted by molar-refractivity contribution is 5.69. The maximum absolute atomic E-state index is 13.3. The number of benzene rings is 1. The standard InChI is InChI=1S/C15H20FNO3/c1-15(2,3)20-14(19)17-7-10-4-5-12(16)6-13(10)11(8-17)9-18/h4-6,11,18H,7-9H2,1-3H3. The van der Waals surface area contributed by atoms with Gasteiger partial charge in [-0.3, -0.25) is 0 Å². The molecule has 1 amide bonds. The van der Waals surface area contributed by atoms with Gasteiger partial charge >= 0.3 is 6.09 Å². The first-order valence-corrected chi connectivity index (χ1v) is 6.67. The number of carbonyl (C=O) groups is 1. The number of hydrogen-bond donors (Lipinski definition) is 1. The highest BCUT2D eigenvalue weighted by Crippen LogP contribution is 2.29. The smallest absolute Gasteiger partial charge is 0.410 e. The van der Waals surface area contributed by atoms with Gasteiger partial charge in [0.25, 0.3) is 0 Å². The van der Waals surface area contributed by atoms with Gasteiger partial charge in [-0.25, -0.2) is 9.18 Å². The van der Waals surface area contributed by atoms with Gasteiger partial charge in [0.05, 0.1) is 6.61 Å². The number of halogens is 1. The summed E-state index contributed by atoms with van der Waals surface area (Å²) in [6, 6.07) is 4.46. The molecule has 0 aromatic heterocycles. The highest BCUT2D eigenvalue weighted by Gasteiger charge is 2.30. The second-order valence-corrected chi connectivity index (χ2v) is 6.08. The van der Waals surface area contributed by atoms with Crippen molar-refractivity contribution in [1.82, 2.24) is 4.90 Å². The van der Waals surface area contributed by atoms with Gasteiger partial charge in [-0.2, -0.15) is 0 Å². The highest BCUT2D eigenvalue weighted by atomic mass is 19.1. The van der Waals surface area contributed by atoms with E-state index in [4.69, 9.17) is 4.74 Å². The summed E-state index contributed by atoms with van der Waals surface area (Å²) >= 11 is 0.